The number of ether oxygens (including phenoxy) is 2. The van der Waals surface area contributed by atoms with Crippen molar-refractivity contribution >= 4 is 18.1 Å². The quantitative estimate of drug-likeness (QED) is 0.675. The summed E-state index contributed by atoms with van der Waals surface area (Å²) in [7, 11) is 1.19. The van der Waals surface area contributed by atoms with Crippen LogP contribution in [0.4, 0.5) is 9.18 Å². The van der Waals surface area contributed by atoms with Crippen molar-refractivity contribution in [3.8, 4) is 0 Å². The molecule has 0 atom stereocenters. The zero-order valence-electron chi connectivity index (χ0n) is 13.0. The highest BCUT2D eigenvalue weighted by Gasteiger charge is 2.14. The molecule has 0 spiro atoms. The summed E-state index contributed by atoms with van der Waals surface area (Å²) in [6.07, 6.45) is 0.576. The average molecular weight is 329 g/mol. The molecule has 2 aromatic carbocycles. The molecule has 2 aromatic rings. The van der Waals surface area contributed by atoms with E-state index in [0.29, 0.717) is 5.56 Å². The van der Waals surface area contributed by atoms with Gasteiger partial charge in [-0.05, 0) is 29.3 Å². The van der Waals surface area contributed by atoms with Crippen LogP contribution in [0.2, 0.25) is 0 Å². The third-order valence-electron chi connectivity index (χ3n) is 3.04. The maximum Gasteiger partial charge on any atom is 0.412 e. The van der Waals surface area contributed by atoms with Crippen LogP contribution in [-0.4, -0.2) is 19.2 Å². The lowest BCUT2D eigenvalue weighted by Crippen LogP contribution is -2.28. The van der Waals surface area contributed by atoms with Gasteiger partial charge in [0.05, 0.1) is 7.11 Å². The smallest absolute Gasteiger partial charge is 0.412 e. The van der Waals surface area contributed by atoms with Crippen LogP contribution in [0, 0.1) is 5.82 Å². The lowest BCUT2D eigenvalue weighted by atomic mass is 10.2. The molecule has 6 heteroatoms. The number of nitrogens with one attached hydrogen (secondary N) is 1. The van der Waals surface area contributed by atoms with Crippen LogP contribution in [0.5, 0.6) is 0 Å². The number of esters is 1. The van der Waals surface area contributed by atoms with Gasteiger partial charge in [0.1, 0.15) is 18.1 Å². The molecule has 1 N–H and O–H groups in total. The van der Waals surface area contributed by atoms with Crippen LogP contribution in [-0.2, 0) is 20.9 Å². The standard InChI is InChI=1S/C18H16FNO4/c1-23-17(21)16(11-13-7-9-15(19)10-8-13)20-18(22)24-12-14-5-3-2-4-6-14/h2-11H,12H2,1H3,(H,20,22)/b16-11+. The fourth-order valence-electron chi connectivity index (χ4n) is 1.85. The average Bonchev–Trinajstić information content (AvgIpc) is 2.61. The second-order valence-electron chi connectivity index (χ2n) is 4.79. The van der Waals surface area contributed by atoms with E-state index in [1.54, 1.807) is 0 Å². The first kappa shape index (κ1) is 17.2. The van der Waals surface area contributed by atoms with Crippen molar-refractivity contribution in [1.82, 2.24) is 5.32 Å². The Morgan fingerprint density at radius 2 is 1.75 bits per heavy atom. The zero-order valence-corrected chi connectivity index (χ0v) is 13.0. The molecule has 0 heterocycles. The third kappa shape index (κ3) is 5.24. The number of carbonyl (C=O) groups is 2. The summed E-state index contributed by atoms with van der Waals surface area (Å²) in [5.74, 6) is -1.14. The van der Waals surface area contributed by atoms with E-state index in [9.17, 15) is 14.0 Å². The number of rotatable bonds is 5. The zero-order chi connectivity index (χ0) is 17.4. The summed E-state index contributed by atoms with van der Waals surface area (Å²) < 4.78 is 22.6. The van der Waals surface area contributed by atoms with E-state index < -0.39 is 17.9 Å². The molecule has 0 aliphatic carbocycles. The van der Waals surface area contributed by atoms with Gasteiger partial charge in [0.2, 0.25) is 0 Å². The fraction of sp³-hybridized carbons (Fsp3) is 0.111. The van der Waals surface area contributed by atoms with Crippen LogP contribution < -0.4 is 5.32 Å². The maximum atomic E-state index is 12.9. The van der Waals surface area contributed by atoms with Crippen molar-refractivity contribution in [3.63, 3.8) is 0 Å². The lowest BCUT2D eigenvalue weighted by molar-refractivity contribution is -0.136. The van der Waals surface area contributed by atoms with E-state index in [2.05, 4.69) is 10.1 Å². The van der Waals surface area contributed by atoms with Crippen molar-refractivity contribution in [2.24, 2.45) is 0 Å². The molecule has 1 amide bonds. The van der Waals surface area contributed by atoms with E-state index in [1.807, 2.05) is 30.3 Å². The molecule has 0 bridgehead atoms. The predicted octanol–water partition coefficient (Wildman–Crippen LogP) is 3.27. The van der Waals surface area contributed by atoms with Crippen LogP contribution in [0.15, 0.2) is 60.3 Å². The summed E-state index contributed by atoms with van der Waals surface area (Å²) in [4.78, 5) is 23.6. The third-order valence-corrected chi connectivity index (χ3v) is 3.04. The maximum absolute atomic E-state index is 12.9. The Labute approximate surface area is 138 Å². The first-order chi connectivity index (χ1) is 11.6. The molecule has 0 aliphatic heterocycles. The van der Waals surface area contributed by atoms with Gasteiger partial charge >= 0.3 is 12.1 Å². The molecule has 0 unspecified atom stereocenters. The minimum absolute atomic E-state index is 0.0671. The minimum atomic E-state index is -0.794. The topological polar surface area (TPSA) is 64.6 Å². The van der Waals surface area contributed by atoms with Gasteiger partial charge in [0, 0.05) is 0 Å². The van der Waals surface area contributed by atoms with Gasteiger partial charge in [-0.3, -0.25) is 5.32 Å². The van der Waals surface area contributed by atoms with E-state index in [1.165, 1.54) is 37.5 Å². The Hall–Kier alpha value is -3.15. The predicted molar refractivity (Wildman–Crippen MR) is 86.2 cm³/mol. The minimum Gasteiger partial charge on any atom is -0.464 e. The largest absolute Gasteiger partial charge is 0.464 e. The number of methoxy groups -OCH3 is 1. The number of halogens is 1. The Morgan fingerprint density at radius 3 is 2.38 bits per heavy atom. The molecule has 0 saturated carbocycles. The molecular formula is C18H16FNO4. The molecule has 124 valence electrons. The van der Waals surface area contributed by atoms with Crippen molar-refractivity contribution in [2.45, 2.75) is 6.61 Å². The van der Waals surface area contributed by atoms with Crippen LogP contribution in [0.25, 0.3) is 6.08 Å². The van der Waals surface area contributed by atoms with Crippen LogP contribution in [0.3, 0.4) is 0 Å². The van der Waals surface area contributed by atoms with Crippen molar-refractivity contribution in [2.75, 3.05) is 7.11 Å². The Kier molecular flexibility index (Phi) is 6.08. The van der Waals surface area contributed by atoms with E-state index in [-0.39, 0.29) is 12.3 Å². The highest BCUT2D eigenvalue weighted by atomic mass is 19.1. The fourth-order valence-corrected chi connectivity index (χ4v) is 1.85. The van der Waals surface area contributed by atoms with Gasteiger partial charge in [-0.2, -0.15) is 0 Å². The molecule has 0 saturated heterocycles. The second-order valence-corrected chi connectivity index (χ2v) is 4.79. The summed E-state index contributed by atoms with van der Waals surface area (Å²) in [5.41, 5.74) is 1.23. The summed E-state index contributed by atoms with van der Waals surface area (Å²) in [6.45, 7) is 0.0671. The van der Waals surface area contributed by atoms with Crippen molar-refractivity contribution in [3.05, 3.63) is 77.2 Å². The molecule has 2 rings (SSSR count). The lowest BCUT2D eigenvalue weighted by Gasteiger charge is -2.09. The Balaban J connectivity index is 2.04. The monoisotopic (exact) mass is 329 g/mol. The first-order valence-electron chi connectivity index (χ1n) is 7.12. The Bertz CT molecular complexity index is 726. The summed E-state index contributed by atoms with van der Waals surface area (Å²) in [6, 6.07) is 14.5. The molecule has 0 radical (unpaired) electrons. The van der Waals surface area contributed by atoms with E-state index >= 15 is 0 Å². The normalized spacial score (nSPS) is 10.8. The molecule has 24 heavy (non-hydrogen) atoms. The van der Waals surface area contributed by atoms with Crippen LogP contribution in [0.1, 0.15) is 11.1 Å². The Morgan fingerprint density at radius 1 is 1.08 bits per heavy atom. The number of hydrogen-bond donors (Lipinski definition) is 1. The van der Waals surface area contributed by atoms with Crippen LogP contribution >= 0.6 is 0 Å². The summed E-state index contributed by atoms with van der Waals surface area (Å²) >= 11 is 0. The molecule has 5 nitrogen and oxygen atoms in total. The SMILES string of the molecule is COC(=O)/C(=C\c1ccc(F)cc1)NC(=O)OCc1ccccc1. The van der Waals surface area contributed by atoms with Gasteiger partial charge in [-0.15, -0.1) is 0 Å². The number of alkyl carbamates (subject to hydrolysis) is 1. The van der Waals surface area contributed by atoms with Crippen molar-refractivity contribution < 1.29 is 23.5 Å². The van der Waals surface area contributed by atoms with Crippen molar-refractivity contribution in [1.29, 1.82) is 0 Å². The number of hydrogen-bond acceptors (Lipinski definition) is 4. The van der Waals surface area contributed by atoms with E-state index in [0.717, 1.165) is 5.56 Å². The number of amides is 1. The molecular weight excluding hydrogens is 313 g/mol. The van der Waals surface area contributed by atoms with Gasteiger partial charge in [-0.1, -0.05) is 42.5 Å². The highest BCUT2D eigenvalue weighted by Crippen LogP contribution is 2.09. The van der Waals surface area contributed by atoms with Gasteiger partial charge in [0.15, 0.2) is 0 Å². The van der Waals surface area contributed by atoms with E-state index in [4.69, 9.17) is 4.74 Å². The highest BCUT2D eigenvalue weighted by molar-refractivity contribution is 5.96. The molecule has 0 aromatic heterocycles. The summed E-state index contributed by atoms with van der Waals surface area (Å²) in [5, 5.41) is 2.33. The van der Waals surface area contributed by atoms with Gasteiger partial charge < -0.3 is 9.47 Å². The number of benzene rings is 2. The molecule has 0 aliphatic rings. The first-order valence-corrected chi connectivity index (χ1v) is 7.12. The van der Waals surface area contributed by atoms with Gasteiger partial charge in [0.25, 0.3) is 0 Å². The second kappa shape index (κ2) is 8.47. The number of carbonyl (C=O) groups excluding carboxylic acids is 2. The van der Waals surface area contributed by atoms with Gasteiger partial charge in [-0.25, -0.2) is 14.0 Å². The molecule has 0 fully saturated rings.